The van der Waals surface area contributed by atoms with E-state index in [1.54, 1.807) is 4.90 Å². The lowest BCUT2D eigenvalue weighted by Crippen LogP contribution is -2.43. The summed E-state index contributed by atoms with van der Waals surface area (Å²) in [7, 11) is 0. The van der Waals surface area contributed by atoms with Gasteiger partial charge >= 0.3 is 6.09 Å². The highest BCUT2D eigenvalue weighted by molar-refractivity contribution is 5.68. The van der Waals surface area contributed by atoms with Gasteiger partial charge in [-0.3, -0.25) is 0 Å². The Labute approximate surface area is 91.2 Å². The predicted molar refractivity (Wildman–Crippen MR) is 57.6 cm³/mol. The number of aliphatic hydroxyl groups excluding tert-OH is 1. The maximum Gasteiger partial charge on any atom is 0.409 e. The molecule has 1 fully saturated rings. The van der Waals surface area contributed by atoms with Crippen LogP contribution in [-0.2, 0) is 4.74 Å². The summed E-state index contributed by atoms with van der Waals surface area (Å²) in [5.74, 6) is 0.885. The number of aliphatic hydroxyl groups is 1. The second-order valence-corrected chi connectivity index (χ2v) is 4.58. The van der Waals surface area contributed by atoms with Gasteiger partial charge in [0.15, 0.2) is 0 Å². The van der Waals surface area contributed by atoms with Crippen molar-refractivity contribution in [3.63, 3.8) is 0 Å². The number of amides is 1. The molecular formula is C11H21NO3. The van der Waals surface area contributed by atoms with Crippen LogP contribution in [-0.4, -0.2) is 42.4 Å². The van der Waals surface area contributed by atoms with E-state index in [0.29, 0.717) is 24.9 Å². The van der Waals surface area contributed by atoms with Crippen molar-refractivity contribution in [1.29, 1.82) is 0 Å². The Kier molecular flexibility index (Phi) is 4.88. The van der Waals surface area contributed by atoms with Crippen molar-refractivity contribution in [2.45, 2.75) is 26.7 Å². The van der Waals surface area contributed by atoms with Crippen molar-refractivity contribution in [3.8, 4) is 0 Å². The number of hydrogen-bond donors (Lipinski definition) is 1. The monoisotopic (exact) mass is 215 g/mol. The van der Waals surface area contributed by atoms with Gasteiger partial charge in [0.2, 0.25) is 0 Å². The minimum Gasteiger partial charge on any atom is -0.449 e. The van der Waals surface area contributed by atoms with Crippen molar-refractivity contribution in [1.82, 2.24) is 4.90 Å². The van der Waals surface area contributed by atoms with E-state index in [0.717, 1.165) is 19.5 Å². The molecule has 0 aromatic carbocycles. The van der Waals surface area contributed by atoms with Gasteiger partial charge in [0, 0.05) is 25.6 Å². The second-order valence-electron chi connectivity index (χ2n) is 4.58. The summed E-state index contributed by atoms with van der Waals surface area (Å²) in [6.45, 7) is 6.39. The first-order chi connectivity index (χ1) is 7.13. The number of hydrogen-bond acceptors (Lipinski definition) is 3. The Hall–Kier alpha value is -0.770. The van der Waals surface area contributed by atoms with Gasteiger partial charge < -0.3 is 14.7 Å². The van der Waals surface area contributed by atoms with Crippen LogP contribution >= 0.6 is 0 Å². The van der Waals surface area contributed by atoms with Crippen LogP contribution in [0.25, 0.3) is 0 Å². The molecule has 4 nitrogen and oxygen atoms in total. The lowest BCUT2D eigenvalue weighted by Gasteiger charge is -2.32. The Bertz CT molecular complexity index is 206. The van der Waals surface area contributed by atoms with E-state index in [1.165, 1.54) is 0 Å². The molecule has 0 bridgehead atoms. The average molecular weight is 215 g/mol. The maximum absolute atomic E-state index is 11.4. The zero-order valence-electron chi connectivity index (χ0n) is 9.61. The molecule has 4 heteroatoms. The average Bonchev–Trinajstić information content (AvgIpc) is 2.19. The fourth-order valence-electron chi connectivity index (χ4n) is 1.67. The first kappa shape index (κ1) is 12.3. The highest BCUT2D eigenvalue weighted by atomic mass is 16.6. The molecule has 1 saturated heterocycles. The smallest absolute Gasteiger partial charge is 0.409 e. The number of carbonyl (C=O) groups excluding carboxylic acids is 1. The molecule has 0 radical (unpaired) electrons. The molecule has 0 spiro atoms. The van der Waals surface area contributed by atoms with Gasteiger partial charge in [-0.25, -0.2) is 4.79 Å². The molecule has 1 N–H and O–H groups in total. The van der Waals surface area contributed by atoms with Crippen molar-refractivity contribution < 1.29 is 14.6 Å². The van der Waals surface area contributed by atoms with Crippen LogP contribution in [0.15, 0.2) is 0 Å². The molecule has 1 unspecified atom stereocenters. The first-order valence-corrected chi connectivity index (χ1v) is 5.66. The molecule has 1 heterocycles. The molecule has 0 aliphatic carbocycles. The standard InChI is InChI=1S/C11H21NO3/c1-9(2)3-5-12-7-10(4-6-13)8-15-11(12)14/h9-10,13H,3-8H2,1-2H3. The predicted octanol–water partition coefficient (Wildman–Crippen LogP) is 1.48. The topological polar surface area (TPSA) is 49.8 Å². The van der Waals surface area contributed by atoms with Crippen LogP contribution in [0.2, 0.25) is 0 Å². The van der Waals surface area contributed by atoms with Gasteiger partial charge in [-0.15, -0.1) is 0 Å². The van der Waals surface area contributed by atoms with E-state index in [4.69, 9.17) is 9.84 Å². The van der Waals surface area contributed by atoms with Gasteiger partial charge in [0.25, 0.3) is 0 Å². The highest BCUT2D eigenvalue weighted by Crippen LogP contribution is 2.15. The Morgan fingerprint density at radius 3 is 2.93 bits per heavy atom. The van der Waals surface area contributed by atoms with Crippen LogP contribution in [0, 0.1) is 11.8 Å². The van der Waals surface area contributed by atoms with E-state index in [1.807, 2.05) is 0 Å². The summed E-state index contributed by atoms with van der Waals surface area (Å²) >= 11 is 0. The summed E-state index contributed by atoms with van der Waals surface area (Å²) < 4.78 is 5.06. The van der Waals surface area contributed by atoms with Gasteiger partial charge in [-0.2, -0.15) is 0 Å². The number of cyclic esters (lactones) is 1. The van der Waals surface area contributed by atoms with Crippen molar-refractivity contribution in [3.05, 3.63) is 0 Å². The first-order valence-electron chi connectivity index (χ1n) is 5.66. The molecule has 88 valence electrons. The van der Waals surface area contributed by atoms with E-state index < -0.39 is 0 Å². The highest BCUT2D eigenvalue weighted by Gasteiger charge is 2.26. The van der Waals surface area contributed by atoms with E-state index in [2.05, 4.69) is 13.8 Å². The molecule has 0 aromatic rings. The minimum atomic E-state index is -0.204. The Morgan fingerprint density at radius 2 is 2.33 bits per heavy atom. The van der Waals surface area contributed by atoms with Crippen molar-refractivity contribution >= 4 is 6.09 Å². The molecular weight excluding hydrogens is 194 g/mol. The summed E-state index contributed by atoms with van der Waals surface area (Å²) in [4.78, 5) is 13.2. The van der Waals surface area contributed by atoms with Crippen molar-refractivity contribution in [2.24, 2.45) is 11.8 Å². The Morgan fingerprint density at radius 1 is 1.60 bits per heavy atom. The van der Waals surface area contributed by atoms with Crippen molar-refractivity contribution in [2.75, 3.05) is 26.3 Å². The molecule has 1 atom stereocenters. The summed E-state index contributed by atoms with van der Waals surface area (Å²) in [5, 5.41) is 8.83. The van der Waals surface area contributed by atoms with Crippen LogP contribution in [0.5, 0.6) is 0 Å². The van der Waals surface area contributed by atoms with Crippen LogP contribution in [0.4, 0.5) is 4.79 Å². The van der Waals surface area contributed by atoms with E-state index >= 15 is 0 Å². The van der Waals surface area contributed by atoms with Gasteiger partial charge in [-0.05, 0) is 18.8 Å². The molecule has 1 aliphatic rings. The molecule has 1 amide bonds. The normalized spacial score (nSPS) is 22.0. The number of carbonyl (C=O) groups is 1. The van der Waals surface area contributed by atoms with Gasteiger partial charge in [0.1, 0.15) is 0 Å². The molecule has 15 heavy (non-hydrogen) atoms. The van der Waals surface area contributed by atoms with Crippen LogP contribution in [0.3, 0.4) is 0 Å². The third-order valence-electron chi connectivity index (χ3n) is 2.69. The zero-order valence-corrected chi connectivity index (χ0v) is 9.61. The largest absolute Gasteiger partial charge is 0.449 e. The summed E-state index contributed by atoms with van der Waals surface area (Å²) in [6.07, 6.45) is 1.51. The molecule has 0 aromatic heterocycles. The third kappa shape index (κ3) is 4.08. The zero-order chi connectivity index (χ0) is 11.3. The fraction of sp³-hybridized carbons (Fsp3) is 0.909. The van der Waals surface area contributed by atoms with E-state index in [-0.39, 0.29) is 12.7 Å². The molecule has 0 saturated carbocycles. The lowest BCUT2D eigenvalue weighted by molar-refractivity contribution is 0.0342. The Balaban J connectivity index is 2.36. The van der Waals surface area contributed by atoms with E-state index in [9.17, 15) is 4.79 Å². The minimum absolute atomic E-state index is 0.167. The summed E-state index contributed by atoms with van der Waals surface area (Å²) in [6, 6.07) is 0. The number of nitrogens with zero attached hydrogens (tertiary/aromatic N) is 1. The lowest BCUT2D eigenvalue weighted by atomic mass is 10.0. The molecule has 1 rings (SSSR count). The fourth-order valence-corrected chi connectivity index (χ4v) is 1.67. The second kappa shape index (κ2) is 5.95. The number of rotatable bonds is 5. The van der Waals surface area contributed by atoms with Gasteiger partial charge in [0.05, 0.1) is 6.61 Å². The van der Waals surface area contributed by atoms with Crippen LogP contribution < -0.4 is 0 Å². The third-order valence-corrected chi connectivity index (χ3v) is 2.69. The quantitative estimate of drug-likeness (QED) is 0.755. The van der Waals surface area contributed by atoms with Gasteiger partial charge in [-0.1, -0.05) is 13.8 Å². The molecule has 1 aliphatic heterocycles. The number of ether oxygens (including phenoxy) is 1. The summed E-state index contributed by atoms with van der Waals surface area (Å²) in [5.41, 5.74) is 0. The van der Waals surface area contributed by atoms with Crippen LogP contribution in [0.1, 0.15) is 26.7 Å². The maximum atomic E-state index is 11.4. The SMILES string of the molecule is CC(C)CCN1CC(CCO)COC1=O.